The van der Waals surface area contributed by atoms with Crippen molar-refractivity contribution in [2.24, 2.45) is 5.41 Å². The van der Waals surface area contributed by atoms with Crippen molar-refractivity contribution in [3.63, 3.8) is 0 Å². The molecule has 2 aliphatic rings. The quantitative estimate of drug-likeness (QED) is 0.891. The Balaban J connectivity index is 1.71. The number of carboxylic acid groups (broad SMARTS) is 1. The summed E-state index contributed by atoms with van der Waals surface area (Å²) in [4.78, 5) is 12.7. The van der Waals surface area contributed by atoms with Crippen molar-refractivity contribution in [2.75, 3.05) is 0 Å². The summed E-state index contributed by atoms with van der Waals surface area (Å²) in [6.07, 6.45) is 4.69. The molecule has 90 valence electrons. The molecule has 2 nitrogen and oxygen atoms in total. The van der Waals surface area contributed by atoms with Gasteiger partial charge in [0.05, 0.1) is 5.41 Å². The highest BCUT2D eigenvalue weighted by Crippen LogP contribution is 2.50. The summed E-state index contributed by atoms with van der Waals surface area (Å²) < 4.78 is 0. The maximum atomic E-state index is 11.4. The predicted molar refractivity (Wildman–Crippen MR) is 68.3 cm³/mol. The Morgan fingerprint density at radius 2 is 2.18 bits per heavy atom. The maximum absolute atomic E-state index is 11.4. The number of fused-ring (bicyclic) bond motifs is 1. The summed E-state index contributed by atoms with van der Waals surface area (Å²) in [5.74, 6) is -0.583. The molecule has 1 aliphatic carbocycles. The van der Waals surface area contributed by atoms with E-state index in [1.807, 2.05) is 11.8 Å². The zero-order chi connectivity index (χ0) is 11.9. The zero-order valence-electron chi connectivity index (χ0n) is 9.69. The minimum Gasteiger partial charge on any atom is -0.481 e. The molecule has 0 aromatic heterocycles. The molecule has 1 heterocycles. The third kappa shape index (κ3) is 1.86. The molecule has 1 aliphatic heterocycles. The molecule has 0 bridgehead atoms. The van der Waals surface area contributed by atoms with Gasteiger partial charge in [-0.25, -0.2) is 0 Å². The van der Waals surface area contributed by atoms with Gasteiger partial charge in [-0.3, -0.25) is 4.79 Å². The van der Waals surface area contributed by atoms with Crippen LogP contribution in [0.25, 0.3) is 0 Å². The number of hydrogen-bond donors (Lipinski definition) is 1. The Labute approximate surface area is 105 Å². The van der Waals surface area contributed by atoms with Crippen molar-refractivity contribution in [3.05, 3.63) is 29.8 Å². The molecule has 3 rings (SSSR count). The van der Waals surface area contributed by atoms with Crippen LogP contribution in [0.1, 0.15) is 31.2 Å². The van der Waals surface area contributed by atoms with E-state index >= 15 is 0 Å². The summed E-state index contributed by atoms with van der Waals surface area (Å²) in [5, 5.41) is 9.81. The smallest absolute Gasteiger partial charge is 0.309 e. The third-order valence-corrected chi connectivity index (χ3v) is 5.42. The van der Waals surface area contributed by atoms with Gasteiger partial charge in [-0.15, -0.1) is 11.8 Å². The van der Waals surface area contributed by atoms with Gasteiger partial charge in [0.25, 0.3) is 0 Å². The number of thioether (sulfide) groups is 1. The molecule has 1 atom stereocenters. The Morgan fingerprint density at radius 3 is 2.76 bits per heavy atom. The molecule has 1 aromatic rings. The third-order valence-electron chi connectivity index (χ3n) is 4.10. The van der Waals surface area contributed by atoms with Gasteiger partial charge in [-0.2, -0.15) is 0 Å². The first-order chi connectivity index (χ1) is 8.20. The van der Waals surface area contributed by atoms with Gasteiger partial charge in [0, 0.05) is 10.1 Å². The van der Waals surface area contributed by atoms with Crippen molar-refractivity contribution in [1.82, 2.24) is 0 Å². The molecular weight excluding hydrogens is 232 g/mol. The minimum atomic E-state index is -0.583. The van der Waals surface area contributed by atoms with Crippen LogP contribution >= 0.6 is 11.8 Å². The van der Waals surface area contributed by atoms with E-state index in [1.165, 1.54) is 10.5 Å². The first-order valence-electron chi connectivity index (χ1n) is 6.18. The average Bonchev–Trinajstić information content (AvgIpc) is 2.65. The largest absolute Gasteiger partial charge is 0.481 e. The second-order valence-electron chi connectivity index (χ2n) is 5.19. The molecule has 1 saturated carbocycles. The molecule has 1 N–H and O–H groups in total. The monoisotopic (exact) mass is 248 g/mol. The first kappa shape index (κ1) is 11.1. The predicted octanol–water partition coefficient (Wildman–Crippen LogP) is 3.35. The van der Waals surface area contributed by atoms with Crippen molar-refractivity contribution < 1.29 is 9.90 Å². The Kier molecular flexibility index (Phi) is 2.66. The summed E-state index contributed by atoms with van der Waals surface area (Å²) in [6, 6.07) is 8.44. The van der Waals surface area contributed by atoms with E-state index in [9.17, 15) is 9.90 Å². The second kappa shape index (κ2) is 4.05. The summed E-state index contributed by atoms with van der Waals surface area (Å²) >= 11 is 1.87. The lowest BCUT2D eigenvalue weighted by Gasteiger charge is -2.39. The number of benzene rings is 1. The van der Waals surface area contributed by atoms with Crippen molar-refractivity contribution in [2.45, 2.75) is 42.2 Å². The molecule has 0 radical (unpaired) electrons. The normalized spacial score (nSPS) is 25.1. The van der Waals surface area contributed by atoms with Crippen LogP contribution in [0.4, 0.5) is 0 Å². The van der Waals surface area contributed by atoms with E-state index in [0.717, 1.165) is 32.1 Å². The average molecular weight is 248 g/mol. The zero-order valence-corrected chi connectivity index (χ0v) is 10.5. The van der Waals surface area contributed by atoms with Crippen LogP contribution in [0.15, 0.2) is 29.2 Å². The fourth-order valence-corrected chi connectivity index (χ4v) is 4.40. The number of hydrogen-bond acceptors (Lipinski definition) is 2. The van der Waals surface area contributed by atoms with E-state index in [2.05, 4.69) is 24.3 Å². The fourth-order valence-electron chi connectivity index (χ4n) is 2.91. The van der Waals surface area contributed by atoms with Gasteiger partial charge in [0.1, 0.15) is 0 Å². The number of carbonyl (C=O) groups is 1. The first-order valence-corrected chi connectivity index (χ1v) is 7.06. The van der Waals surface area contributed by atoms with Gasteiger partial charge in [-0.1, -0.05) is 24.6 Å². The Bertz CT molecular complexity index is 426. The van der Waals surface area contributed by atoms with Gasteiger partial charge >= 0.3 is 5.97 Å². The molecule has 0 amide bonds. The molecule has 1 unspecified atom stereocenters. The summed E-state index contributed by atoms with van der Waals surface area (Å²) in [6.45, 7) is 0. The highest BCUT2D eigenvalue weighted by atomic mass is 32.2. The van der Waals surface area contributed by atoms with Gasteiger partial charge < -0.3 is 5.11 Å². The van der Waals surface area contributed by atoms with E-state index in [1.54, 1.807) is 0 Å². The van der Waals surface area contributed by atoms with Crippen molar-refractivity contribution in [3.8, 4) is 0 Å². The van der Waals surface area contributed by atoms with E-state index in [-0.39, 0.29) is 0 Å². The lowest BCUT2D eigenvalue weighted by molar-refractivity contribution is -0.155. The second-order valence-corrected chi connectivity index (χ2v) is 6.54. The van der Waals surface area contributed by atoms with Crippen LogP contribution in [0.3, 0.4) is 0 Å². The molecule has 3 heteroatoms. The van der Waals surface area contributed by atoms with E-state index in [0.29, 0.717) is 5.25 Å². The van der Waals surface area contributed by atoms with E-state index in [4.69, 9.17) is 0 Å². The van der Waals surface area contributed by atoms with Crippen molar-refractivity contribution >= 4 is 17.7 Å². The van der Waals surface area contributed by atoms with Crippen LogP contribution in [0.5, 0.6) is 0 Å². The maximum Gasteiger partial charge on any atom is 0.309 e. The number of aliphatic carboxylic acids is 1. The Morgan fingerprint density at radius 1 is 1.41 bits per heavy atom. The number of rotatable bonds is 3. The van der Waals surface area contributed by atoms with E-state index < -0.39 is 11.4 Å². The lowest BCUT2D eigenvalue weighted by Crippen LogP contribution is -2.40. The Hall–Kier alpha value is -0.960. The molecule has 1 fully saturated rings. The topological polar surface area (TPSA) is 37.3 Å². The van der Waals surface area contributed by atoms with Crippen LogP contribution in [-0.4, -0.2) is 16.3 Å². The van der Waals surface area contributed by atoms with Crippen LogP contribution in [-0.2, 0) is 11.2 Å². The van der Waals surface area contributed by atoms with Gasteiger partial charge in [0.2, 0.25) is 0 Å². The highest BCUT2D eigenvalue weighted by molar-refractivity contribution is 8.00. The molecule has 0 spiro atoms. The molecular formula is C14H16O2S. The molecule has 17 heavy (non-hydrogen) atoms. The molecule has 1 aromatic carbocycles. The van der Waals surface area contributed by atoms with Crippen LogP contribution in [0, 0.1) is 5.41 Å². The summed E-state index contributed by atoms with van der Waals surface area (Å²) in [5.41, 5.74) is 0.988. The summed E-state index contributed by atoms with van der Waals surface area (Å²) in [7, 11) is 0. The van der Waals surface area contributed by atoms with Crippen molar-refractivity contribution in [1.29, 1.82) is 0 Å². The van der Waals surface area contributed by atoms with Gasteiger partial charge in [0.15, 0.2) is 0 Å². The standard InChI is InChI=1S/C14H16O2S/c15-13(16)14(6-3-7-14)9-11-8-10-4-1-2-5-12(10)17-11/h1-2,4-5,11H,3,6-9H2,(H,15,16). The minimum absolute atomic E-state index is 0.403. The van der Waals surface area contributed by atoms with Crippen LogP contribution in [0.2, 0.25) is 0 Å². The highest BCUT2D eigenvalue weighted by Gasteiger charge is 2.46. The SMILES string of the molecule is O=C(O)C1(CC2Cc3ccccc3S2)CCC1. The number of carboxylic acids is 1. The fraction of sp³-hybridized carbons (Fsp3) is 0.500. The molecule has 0 saturated heterocycles. The van der Waals surface area contributed by atoms with Gasteiger partial charge in [-0.05, 0) is 37.3 Å². The lowest BCUT2D eigenvalue weighted by atomic mass is 9.66. The van der Waals surface area contributed by atoms with Crippen LogP contribution < -0.4 is 0 Å².